The standard InChI is InChI=1S/C35H39Cl2N5O7/c1-3-4-5-9-15-49-35(48)41-34(38)40-26-14-10-13-23(16-26)32(45)42(2)21-30(44)39-20-25(33(46)47)19-29(43)31-27(36)17-24(18-28(31)37)22-11-7-6-8-12-22/h6-8,10-14,16-18,25H,3-5,9,15,19-21H2,1-2H3,(H,39,44)(H,46,47)(H3,38,40,41,48)/t25-/m0/s1. The fourth-order valence-electron chi connectivity index (χ4n) is 4.72. The molecule has 0 saturated carbocycles. The number of guanidine groups is 1. The molecule has 0 saturated heterocycles. The van der Waals surface area contributed by atoms with Gasteiger partial charge in [0.25, 0.3) is 5.91 Å². The molecular weight excluding hydrogens is 673 g/mol. The van der Waals surface area contributed by atoms with E-state index in [1.165, 1.54) is 19.2 Å². The summed E-state index contributed by atoms with van der Waals surface area (Å²) in [6, 6.07) is 18.5. The molecule has 0 radical (unpaired) electrons. The molecule has 14 heteroatoms. The molecule has 3 aromatic carbocycles. The summed E-state index contributed by atoms with van der Waals surface area (Å²) in [5.74, 6) is -4.59. The molecule has 49 heavy (non-hydrogen) atoms. The predicted molar refractivity (Wildman–Crippen MR) is 188 cm³/mol. The van der Waals surface area contributed by atoms with E-state index in [-0.39, 0.29) is 46.0 Å². The smallest absolute Gasteiger partial charge is 0.413 e. The molecule has 12 nitrogen and oxygen atoms in total. The summed E-state index contributed by atoms with van der Waals surface area (Å²) in [5.41, 5.74) is 7.79. The average Bonchev–Trinajstić information content (AvgIpc) is 3.06. The van der Waals surface area contributed by atoms with Crippen LogP contribution in [0, 0.1) is 5.92 Å². The minimum absolute atomic E-state index is 0.00670. The van der Waals surface area contributed by atoms with E-state index in [1.54, 1.807) is 24.3 Å². The maximum atomic E-state index is 13.1. The van der Waals surface area contributed by atoms with Crippen molar-refractivity contribution in [2.75, 3.05) is 26.7 Å². The molecule has 0 aliphatic carbocycles. The molecule has 0 heterocycles. The third-order valence-electron chi connectivity index (χ3n) is 7.29. The zero-order valence-corrected chi connectivity index (χ0v) is 28.7. The summed E-state index contributed by atoms with van der Waals surface area (Å²) < 4.78 is 5.07. The van der Waals surface area contributed by atoms with Gasteiger partial charge in [0.1, 0.15) is 0 Å². The first-order chi connectivity index (χ1) is 23.4. The largest absolute Gasteiger partial charge is 0.481 e. The van der Waals surface area contributed by atoms with Crippen molar-refractivity contribution in [1.29, 1.82) is 0 Å². The van der Waals surface area contributed by atoms with Crippen molar-refractivity contribution in [3.05, 3.63) is 87.9 Å². The summed E-state index contributed by atoms with van der Waals surface area (Å²) in [6.07, 6.45) is 2.59. The van der Waals surface area contributed by atoms with Crippen LogP contribution in [0.15, 0.2) is 71.7 Å². The van der Waals surface area contributed by atoms with Gasteiger partial charge in [0.2, 0.25) is 11.9 Å². The number of aliphatic carboxylic acids is 1. The molecule has 5 N–H and O–H groups in total. The van der Waals surface area contributed by atoms with Crippen LogP contribution in [0.3, 0.4) is 0 Å². The number of rotatable bonds is 16. The van der Waals surface area contributed by atoms with Crippen LogP contribution in [0.1, 0.15) is 59.7 Å². The van der Waals surface area contributed by atoms with Crippen LogP contribution in [0.4, 0.5) is 10.5 Å². The molecular formula is C35H39Cl2N5O7. The van der Waals surface area contributed by atoms with E-state index in [1.807, 2.05) is 30.3 Å². The highest BCUT2D eigenvalue weighted by Crippen LogP contribution is 2.33. The number of hydrogen-bond donors (Lipinski definition) is 4. The number of hydrogen-bond acceptors (Lipinski definition) is 7. The monoisotopic (exact) mass is 711 g/mol. The van der Waals surface area contributed by atoms with Gasteiger partial charge >= 0.3 is 12.1 Å². The van der Waals surface area contributed by atoms with Crippen molar-refractivity contribution in [3.8, 4) is 11.1 Å². The second-order valence-electron chi connectivity index (χ2n) is 11.2. The Kier molecular flexibility index (Phi) is 15.1. The summed E-state index contributed by atoms with van der Waals surface area (Å²) in [4.78, 5) is 67.9. The molecule has 0 fully saturated rings. The van der Waals surface area contributed by atoms with Gasteiger partial charge < -0.3 is 25.8 Å². The Balaban J connectivity index is 1.54. The van der Waals surface area contributed by atoms with E-state index in [4.69, 9.17) is 33.7 Å². The van der Waals surface area contributed by atoms with E-state index in [2.05, 4.69) is 22.5 Å². The molecule has 3 aromatic rings. The molecule has 0 bridgehead atoms. The number of nitrogens with zero attached hydrogens (tertiary/aromatic N) is 2. The molecule has 0 aliphatic rings. The average molecular weight is 713 g/mol. The lowest BCUT2D eigenvalue weighted by Crippen LogP contribution is -2.41. The highest BCUT2D eigenvalue weighted by Gasteiger charge is 2.26. The third kappa shape index (κ3) is 12.2. The Morgan fingerprint density at radius 2 is 1.63 bits per heavy atom. The van der Waals surface area contributed by atoms with Gasteiger partial charge in [0.05, 0.1) is 40.4 Å². The van der Waals surface area contributed by atoms with Gasteiger partial charge in [-0.2, -0.15) is 0 Å². The van der Waals surface area contributed by atoms with Crippen molar-refractivity contribution in [2.24, 2.45) is 16.6 Å². The SMILES string of the molecule is CCCCCCOC(=O)NC(N)=Nc1cccc(C(=O)N(C)CC(=O)NC[C@H](CC(=O)c2c(Cl)cc(-c3ccccc3)cc2Cl)C(=O)O)c1. The number of carbonyl (C=O) groups is 5. The zero-order chi connectivity index (χ0) is 35.9. The first-order valence-electron chi connectivity index (χ1n) is 15.6. The lowest BCUT2D eigenvalue weighted by Gasteiger charge is -2.19. The predicted octanol–water partition coefficient (Wildman–Crippen LogP) is 6.08. The number of halogens is 2. The van der Waals surface area contributed by atoms with Crippen molar-refractivity contribution in [1.82, 2.24) is 15.5 Å². The number of carboxylic acids is 1. The molecule has 0 aromatic heterocycles. The second-order valence-corrected chi connectivity index (χ2v) is 12.0. The normalized spacial score (nSPS) is 11.7. The van der Waals surface area contributed by atoms with Crippen molar-refractivity contribution in [2.45, 2.75) is 39.0 Å². The van der Waals surface area contributed by atoms with Crippen LogP contribution in [-0.4, -0.2) is 72.4 Å². The Hall–Kier alpha value is -4.94. The number of likely N-dealkylation sites (N-methyl/N-ethyl adjacent to an activating group) is 1. The lowest BCUT2D eigenvalue weighted by atomic mass is 9.96. The number of alkyl carbamates (subject to hydrolysis) is 1. The molecule has 0 unspecified atom stereocenters. The highest BCUT2D eigenvalue weighted by molar-refractivity contribution is 6.40. The number of amides is 3. The van der Waals surface area contributed by atoms with E-state index in [9.17, 15) is 29.1 Å². The van der Waals surface area contributed by atoms with E-state index in [0.29, 0.717) is 5.56 Å². The fourth-order valence-corrected chi connectivity index (χ4v) is 5.42. The number of benzene rings is 3. The summed E-state index contributed by atoms with van der Waals surface area (Å²) in [7, 11) is 1.39. The van der Waals surface area contributed by atoms with Gasteiger partial charge in [-0.25, -0.2) is 9.79 Å². The lowest BCUT2D eigenvalue weighted by molar-refractivity contribution is -0.141. The van der Waals surface area contributed by atoms with E-state index >= 15 is 0 Å². The van der Waals surface area contributed by atoms with Crippen LogP contribution < -0.4 is 16.4 Å². The molecule has 0 aliphatic heterocycles. The summed E-state index contributed by atoms with van der Waals surface area (Å²) in [6.45, 7) is 1.55. The Bertz CT molecular complexity index is 1660. The van der Waals surface area contributed by atoms with Crippen LogP contribution in [0.2, 0.25) is 10.0 Å². The first kappa shape index (κ1) is 38.5. The number of Topliss-reactive ketones (excluding diaryl/α,β-unsaturated/α-hetero) is 1. The van der Waals surface area contributed by atoms with Crippen molar-refractivity contribution >= 4 is 64.5 Å². The maximum Gasteiger partial charge on any atom is 0.413 e. The van der Waals surface area contributed by atoms with Crippen LogP contribution in [-0.2, 0) is 14.3 Å². The number of ketones is 1. The number of ether oxygens (including phenoxy) is 1. The van der Waals surface area contributed by atoms with Gasteiger partial charge in [-0.3, -0.25) is 24.5 Å². The number of unbranched alkanes of at least 4 members (excludes halogenated alkanes) is 3. The number of aliphatic imine (C=N–C) groups is 1. The van der Waals surface area contributed by atoms with Gasteiger partial charge in [-0.1, -0.05) is 85.8 Å². The van der Waals surface area contributed by atoms with E-state index < -0.39 is 48.5 Å². The molecule has 3 amide bonds. The highest BCUT2D eigenvalue weighted by atomic mass is 35.5. The quantitative estimate of drug-likeness (QED) is 0.0597. The third-order valence-corrected chi connectivity index (χ3v) is 7.88. The van der Waals surface area contributed by atoms with Gasteiger partial charge in [0.15, 0.2) is 5.78 Å². The zero-order valence-electron chi connectivity index (χ0n) is 27.2. The topological polar surface area (TPSA) is 180 Å². The molecule has 1 atom stereocenters. The van der Waals surface area contributed by atoms with E-state index in [0.717, 1.165) is 36.1 Å². The number of nitrogens with one attached hydrogen (secondary N) is 2. The Morgan fingerprint density at radius 1 is 0.939 bits per heavy atom. The number of carboxylic acid groups (broad SMARTS) is 1. The Labute approximate surface area is 294 Å². The van der Waals surface area contributed by atoms with Crippen LogP contribution >= 0.6 is 23.2 Å². The minimum atomic E-state index is -1.31. The Morgan fingerprint density at radius 3 is 2.29 bits per heavy atom. The molecule has 260 valence electrons. The van der Waals surface area contributed by atoms with Gasteiger partial charge in [-0.05, 0) is 47.9 Å². The molecule has 0 spiro atoms. The summed E-state index contributed by atoms with van der Waals surface area (Å²) in [5, 5.41) is 14.7. The first-order valence-corrected chi connectivity index (χ1v) is 16.4. The van der Waals surface area contributed by atoms with Gasteiger partial charge in [0, 0.05) is 25.6 Å². The van der Waals surface area contributed by atoms with Crippen LogP contribution in [0.25, 0.3) is 11.1 Å². The number of carbonyl (C=O) groups excluding carboxylic acids is 4. The number of nitrogens with two attached hydrogens (primary N) is 1. The minimum Gasteiger partial charge on any atom is -0.481 e. The van der Waals surface area contributed by atoms with Crippen molar-refractivity contribution < 1.29 is 33.8 Å². The fraction of sp³-hybridized carbons (Fsp3) is 0.314. The van der Waals surface area contributed by atoms with Crippen molar-refractivity contribution in [3.63, 3.8) is 0 Å². The van der Waals surface area contributed by atoms with Gasteiger partial charge in [-0.15, -0.1) is 0 Å². The maximum absolute atomic E-state index is 13.1. The second kappa shape index (κ2) is 19.2. The van der Waals surface area contributed by atoms with Crippen LogP contribution in [0.5, 0.6) is 0 Å². The molecule has 3 rings (SSSR count). The summed E-state index contributed by atoms with van der Waals surface area (Å²) >= 11 is 12.8.